The molecule has 2 aromatic carbocycles. The van der Waals surface area contributed by atoms with Crippen LogP contribution >= 0.6 is 0 Å². The van der Waals surface area contributed by atoms with Crippen LogP contribution in [0.15, 0.2) is 59.8 Å². The molecular weight excluding hydrogens is 540 g/mol. The van der Waals surface area contributed by atoms with Crippen LogP contribution in [-0.2, 0) is 14.8 Å². The number of benzene rings is 2. The summed E-state index contributed by atoms with van der Waals surface area (Å²) in [5.41, 5.74) is 2.38. The number of likely N-dealkylation sites (N-methyl/N-ethyl adjacent to an activating group) is 2. The van der Waals surface area contributed by atoms with E-state index in [9.17, 15) is 26.8 Å². The van der Waals surface area contributed by atoms with Gasteiger partial charge in [0, 0.05) is 45.1 Å². The molecule has 12 heteroatoms. The van der Waals surface area contributed by atoms with Gasteiger partial charge >= 0.3 is 0 Å². The molecule has 1 saturated heterocycles. The Morgan fingerprint density at radius 1 is 1.02 bits per heavy atom. The van der Waals surface area contributed by atoms with Gasteiger partial charge in [0.1, 0.15) is 11.6 Å². The Labute approximate surface area is 232 Å². The minimum Gasteiger partial charge on any atom is -0.358 e. The van der Waals surface area contributed by atoms with Crippen molar-refractivity contribution in [2.75, 3.05) is 39.0 Å². The predicted molar refractivity (Wildman–Crippen MR) is 147 cm³/mol. The first kappa shape index (κ1) is 29.1. The second-order valence-corrected chi connectivity index (χ2v) is 11.7. The van der Waals surface area contributed by atoms with E-state index < -0.39 is 28.3 Å². The lowest BCUT2D eigenvalue weighted by molar-refractivity contribution is -0.120. The maximum atomic E-state index is 13.7. The van der Waals surface area contributed by atoms with Crippen molar-refractivity contribution in [1.82, 2.24) is 19.5 Å². The van der Waals surface area contributed by atoms with Gasteiger partial charge in [0.15, 0.2) is 5.03 Å². The van der Waals surface area contributed by atoms with Crippen LogP contribution in [0.2, 0.25) is 0 Å². The van der Waals surface area contributed by atoms with E-state index in [0.717, 1.165) is 9.87 Å². The molecule has 0 saturated carbocycles. The van der Waals surface area contributed by atoms with E-state index in [1.165, 1.54) is 56.7 Å². The summed E-state index contributed by atoms with van der Waals surface area (Å²) in [6, 6.07) is 11.7. The number of halogens is 2. The summed E-state index contributed by atoms with van der Waals surface area (Å²) in [6.07, 6.45) is 2.57. The van der Waals surface area contributed by atoms with Gasteiger partial charge in [-0.05, 0) is 67.1 Å². The molecule has 0 unspecified atom stereocenters. The summed E-state index contributed by atoms with van der Waals surface area (Å²) in [6.45, 7) is 2.17. The van der Waals surface area contributed by atoms with Gasteiger partial charge < -0.3 is 15.5 Å². The van der Waals surface area contributed by atoms with Gasteiger partial charge in [0.05, 0.1) is 17.8 Å². The lowest BCUT2D eigenvalue weighted by Gasteiger charge is -2.32. The number of nitrogens with one attached hydrogen (secondary N) is 2. The molecule has 0 bridgehead atoms. The summed E-state index contributed by atoms with van der Waals surface area (Å²) < 4.78 is 54.2. The standard InChI is InChI=1S/C28H31F2N5O4S/c1-18-14-22(30)8-9-24(18)33-25-15-27(40(38,39)34(3)17-26(36)31-2)32-16-23(25)28(37)35-12-10-20(11-13-35)19-4-6-21(29)7-5-19/h4-9,14-16,20H,10-13,17H2,1-3H3,(H,31,36)(H,32,33). The van der Waals surface area contributed by atoms with Crippen molar-refractivity contribution in [3.63, 3.8) is 0 Å². The van der Waals surface area contributed by atoms with Crippen molar-refractivity contribution < 1.29 is 26.8 Å². The average molecular weight is 572 g/mol. The Morgan fingerprint density at radius 2 is 1.68 bits per heavy atom. The summed E-state index contributed by atoms with van der Waals surface area (Å²) >= 11 is 0. The van der Waals surface area contributed by atoms with Crippen molar-refractivity contribution in [2.24, 2.45) is 0 Å². The minimum absolute atomic E-state index is 0.150. The molecule has 0 radical (unpaired) electrons. The number of carbonyl (C=O) groups is 2. The third kappa shape index (κ3) is 6.45. The van der Waals surface area contributed by atoms with E-state index in [0.29, 0.717) is 37.2 Å². The second-order valence-electron chi connectivity index (χ2n) is 9.70. The fourth-order valence-corrected chi connectivity index (χ4v) is 5.67. The molecule has 0 spiro atoms. The molecule has 0 atom stereocenters. The zero-order valence-corrected chi connectivity index (χ0v) is 23.3. The van der Waals surface area contributed by atoms with Crippen LogP contribution < -0.4 is 10.6 Å². The number of amides is 2. The number of carbonyl (C=O) groups excluding carboxylic acids is 2. The zero-order valence-electron chi connectivity index (χ0n) is 22.4. The lowest BCUT2D eigenvalue weighted by Crippen LogP contribution is -2.38. The van der Waals surface area contributed by atoms with Gasteiger partial charge in [-0.1, -0.05) is 12.1 Å². The van der Waals surface area contributed by atoms with E-state index >= 15 is 0 Å². The summed E-state index contributed by atoms with van der Waals surface area (Å²) in [5.74, 6) is -1.38. The average Bonchev–Trinajstić information content (AvgIpc) is 2.94. The highest BCUT2D eigenvalue weighted by Gasteiger charge is 2.29. The number of piperidine rings is 1. The normalized spacial score (nSPS) is 14.3. The monoisotopic (exact) mass is 571 g/mol. The van der Waals surface area contributed by atoms with Crippen LogP contribution in [0.4, 0.5) is 20.2 Å². The Kier molecular flexibility index (Phi) is 8.79. The number of pyridine rings is 1. The van der Waals surface area contributed by atoms with Crippen molar-refractivity contribution in [2.45, 2.75) is 30.7 Å². The molecule has 4 rings (SSSR count). The van der Waals surface area contributed by atoms with Crippen LogP contribution in [0.3, 0.4) is 0 Å². The number of likely N-dealkylation sites (tertiary alicyclic amines) is 1. The van der Waals surface area contributed by atoms with Gasteiger partial charge in [0.2, 0.25) is 5.91 Å². The molecule has 212 valence electrons. The van der Waals surface area contributed by atoms with Crippen LogP contribution in [0.25, 0.3) is 0 Å². The number of aryl methyl sites for hydroxylation is 1. The Balaban J connectivity index is 1.63. The van der Waals surface area contributed by atoms with E-state index in [4.69, 9.17) is 0 Å². The largest absolute Gasteiger partial charge is 0.358 e. The number of hydrogen-bond acceptors (Lipinski definition) is 6. The first-order valence-electron chi connectivity index (χ1n) is 12.7. The summed E-state index contributed by atoms with van der Waals surface area (Å²) in [5, 5.41) is 5.10. The highest BCUT2D eigenvalue weighted by Crippen LogP contribution is 2.31. The number of anilines is 2. The Bertz CT molecular complexity index is 1510. The molecule has 40 heavy (non-hydrogen) atoms. The number of sulfonamides is 1. The molecule has 1 aromatic heterocycles. The number of rotatable bonds is 8. The maximum absolute atomic E-state index is 13.7. The predicted octanol–water partition coefficient (Wildman–Crippen LogP) is 3.80. The molecule has 3 aromatic rings. The van der Waals surface area contributed by atoms with Crippen LogP contribution in [0.1, 0.15) is 40.2 Å². The quantitative estimate of drug-likeness (QED) is 0.426. The number of aromatic nitrogens is 1. The molecule has 0 aliphatic carbocycles. The summed E-state index contributed by atoms with van der Waals surface area (Å²) in [7, 11) is -1.52. The molecule has 2 amide bonds. The highest BCUT2D eigenvalue weighted by molar-refractivity contribution is 7.89. The third-order valence-corrected chi connectivity index (χ3v) is 8.71. The first-order chi connectivity index (χ1) is 19.0. The van der Waals surface area contributed by atoms with Gasteiger partial charge in [-0.25, -0.2) is 22.2 Å². The van der Waals surface area contributed by atoms with Gasteiger partial charge in [-0.3, -0.25) is 9.59 Å². The third-order valence-electron chi connectivity index (χ3n) is 7.01. The fourth-order valence-electron chi connectivity index (χ4n) is 4.61. The molecule has 1 fully saturated rings. The van der Waals surface area contributed by atoms with E-state index in [-0.39, 0.29) is 33.9 Å². The van der Waals surface area contributed by atoms with E-state index in [2.05, 4.69) is 15.6 Å². The smallest absolute Gasteiger partial charge is 0.260 e. The molecular formula is C28H31F2N5O4S. The SMILES string of the molecule is CNC(=O)CN(C)S(=O)(=O)c1cc(Nc2ccc(F)cc2C)c(C(=O)N2CCC(c3ccc(F)cc3)CC2)cn1. The first-order valence-corrected chi connectivity index (χ1v) is 14.2. The van der Waals surface area contributed by atoms with Crippen LogP contribution in [0.5, 0.6) is 0 Å². The summed E-state index contributed by atoms with van der Waals surface area (Å²) in [4.78, 5) is 31.2. The molecule has 2 heterocycles. The van der Waals surface area contributed by atoms with Crippen LogP contribution in [0, 0.1) is 18.6 Å². The maximum Gasteiger partial charge on any atom is 0.260 e. The van der Waals surface area contributed by atoms with Crippen molar-refractivity contribution in [3.8, 4) is 0 Å². The van der Waals surface area contributed by atoms with Crippen molar-refractivity contribution in [1.29, 1.82) is 0 Å². The highest BCUT2D eigenvalue weighted by atomic mass is 32.2. The van der Waals surface area contributed by atoms with Gasteiger partial charge in [-0.15, -0.1) is 0 Å². The van der Waals surface area contributed by atoms with Crippen molar-refractivity contribution >= 4 is 33.2 Å². The molecule has 2 N–H and O–H groups in total. The minimum atomic E-state index is -4.17. The van der Waals surface area contributed by atoms with Gasteiger partial charge in [-0.2, -0.15) is 4.31 Å². The molecule has 1 aliphatic heterocycles. The zero-order chi connectivity index (χ0) is 29.0. The van der Waals surface area contributed by atoms with Crippen molar-refractivity contribution in [3.05, 3.63) is 83.1 Å². The second kappa shape index (κ2) is 12.1. The Hall–Kier alpha value is -3.90. The topological polar surface area (TPSA) is 112 Å². The fraction of sp³-hybridized carbons (Fsp3) is 0.321. The van der Waals surface area contributed by atoms with E-state index in [1.54, 1.807) is 24.0 Å². The number of hydrogen-bond donors (Lipinski definition) is 2. The Morgan fingerprint density at radius 3 is 2.30 bits per heavy atom. The van der Waals surface area contributed by atoms with E-state index in [1.807, 2.05) is 0 Å². The number of nitrogens with zero attached hydrogens (tertiary/aromatic N) is 3. The lowest BCUT2D eigenvalue weighted by atomic mass is 9.89. The molecule has 9 nitrogen and oxygen atoms in total. The molecule has 1 aliphatic rings. The van der Waals surface area contributed by atoms with Crippen LogP contribution in [-0.4, -0.2) is 68.2 Å². The van der Waals surface area contributed by atoms with Gasteiger partial charge in [0.25, 0.3) is 15.9 Å².